The lowest BCUT2D eigenvalue weighted by molar-refractivity contribution is -0.0191. The Morgan fingerprint density at radius 1 is 1.25 bits per heavy atom. The lowest BCUT2D eigenvalue weighted by Gasteiger charge is -2.37. The van der Waals surface area contributed by atoms with Crippen LogP contribution in [0.4, 0.5) is 0 Å². The molecule has 3 heteroatoms. The normalized spacial score (nSPS) is 25.6. The van der Waals surface area contributed by atoms with E-state index in [0.29, 0.717) is 6.54 Å². The fourth-order valence-electron chi connectivity index (χ4n) is 3.19. The van der Waals surface area contributed by atoms with E-state index < -0.39 is 11.7 Å². The highest BCUT2D eigenvalue weighted by atomic mass is 16.3. The third kappa shape index (κ3) is 4.30. The second kappa shape index (κ2) is 6.25. The molecular weight excluding hydrogens is 250 g/mol. The van der Waals surface area contributed by atoms with Gasteiger partial charge in [0, 0.05) is 13.1 Å². The van der Waals surface area contributed by atoms with Gasteiger partial charge in [-0.15, -0.1) is 0 Å². The van der Waals surface area contributed by atoms with Gasteiger partial charge >= 0.3 is 0 Å². The summed E-state index contributed by atoms with van der Waals surface area (Å²) in [5.74, 6) is 0. The molecule has 1 saturated heterocycles. The van der Waals surface area contributed by atoms with Crippen LogP contribution in [0.3, 0.4) is 0 Å². The maximum Gasteiger partial charge on any atom is 0.0802 e. The average Bonchev–Trinajstić information content (AvgIpc) is 2.33. The first kappa shape index (κ1) is 15.5. The number of aliphatic hydroxyl groups excluding tert-OH is 1. The van der Waals surface area contributed by atoms with Gasteiger partial charge in [-0.25, -0.2) is 0 Å². The van der Waals surface area contributed by atoms with Crippen molar-refractivity contribution in [2.75, 3.05) is 19.6 Å². The second-order valence-electron chi connectivity index (χ2n) is 6.60. The van der Waals surface area contributed by atoms with Crippen LogP contribution in [0, 0.1) is 13.8 Å². The molecule has 1 aromatic carbocycles. The van der Waals surface area contributed by atoms with Crippen LogP contribution in [0.5, 0.6) is 0 Å². The lowest BCUT2D eigenvalue weighted by atomic mass is 9.94. The van der Waals surface area contributed by atoms with Crippen LogP contribution in [-0.2, 0) is 0 Å². The Balaban J connectivity index is 1.90. The van der Waals surface area contributed by atoms with Crippen molar-refractivity contribution in [3.63, 3.8) is 0 Å². The molecule has 2 atom stereocenters. The van der Waals surface area contributed by atoms with Gasteiger partial charge in [0.15, 0.2) is 0 Å². The van der Waals surface area contributed by atoms with E-state index >= 15 is 0 Å². The number of rotatable bonds is 4. The first-order valence-electron chi connectivity index (χ1n) is 7.57. The minimum Gasteiger partial charge on any atom is -0.389 e. The minimum absolute atomic E-state index is 0.416. The average molecular weight is 277 g/mol. The van der Waals surface area contributed by atoms with Crippen molar-refractivity contribution in [3.8, 4) is 0 Å². The summed E-state index contributed by atoms with van der Waals surface area (Å²) in [6.45, 7) is 8.60. The van der Waals surface area contributed by atoms with Gasteiger partial charge in [-0.2, -0.15) is 0 Å². The molecule has 3 nitrogen and oxygen atoms in total. The molecule has 0 amide bonds. The van der Waals surface area contributed by atoms with E-state index in [4.69, 9.17) is 0 Å². The number of β-amino-alcohol motifs (C(OH)–C–C–N with tert-alkyl or cyclic N) is 1. The van der Waals surface area contributed by atoms with Gasteiger partial charge < -0.3 is 15.1 Å². The number of piperidine rings is 1. The molecule has 2 N–H and O–H groups in total. The zero-order valence-corrected chi connectivity index (χ0v) is 12.9. The van der Waals surface area contributed by atoms with Gasteiger partial charge in [0.2, 0.25) is 0 Å². The zero-order valence-electron chi connectivity index (χ0n) is 12.9. The van der Waals surface area contributed by atoms with Crippen LogP contribution in [0.1, 0.15) is 49.0 Å². The molecule has 0 spiro atoms. The summed E-state index contributed by atoms with van der Waals surface area (Å²) in [6.07, 6.45) is 2.22. The van der Waals surface area contributed by atoms with E-state index in [1.165, 1.54) is 11.1 Å². The van der Waals surface area contributed by atoms with Crippen LogP contribution in [0.25, 0.3) is 0 Å². The molecular formula is C17H27NO2. The minimum atomic E-state index is -0.566. The Hall–Kier alpha value is -0.900. The number of benzene rings is 1. The molecule has 2 unspecified atom stereocenters. The number of nitrogens with zero attached hydrogens (tertiary/aromatic N) is 1. The lowest BCUT2D eigenvalue weighted by Crippen LogP contribution is -2.46. The molecule has 0 saturated carbocycles. The Morgan fingerprint density at radius 2 is 1.90 bits per heavy atom. The molecule has 0 aliphatic carbocycles. The summed E-state index contributed by atoms with van der Waals surface area (Å²) >= 11 is 0. The summed E-state index contributed by atoms with van der Waals surface area (Å²) in [7, 11) is 0. The molecule has 112 valence electrons. The van der Waals surface area contributed by atoms with Gasteiger partial charge in [0.05, 0.1) is 11.7 Å². The molecule has 20 heavy (non-hydrogen) atoms. The van der Waals surface area contributed by atoms with E-state index in [0.717, 1.165) is 37.9 Å². The van der Waals surface area contributed by atoms with Gasteiger partial charge in [-0.05, 0) is 52.1 Å². The first-order valence-corrected chi connectivity index (χ1v) is 7.57. The summed E-state index contributed by atoms with van der Waals surface area (Å²) in [5.41, 5.74) is 2.83. The Labute approximate surface area is 122 Å². The zero-order chi connectivity index (χ0) is 14.8. The van der Waals surface area contributed by atoms with Gasteiger partial charge in [-0.3, -0.25) is 0 Å². The molecule has 1 aliphatic rings. The molecule has 0 bridgehead atoms. The van der Waals surface area contributed by atoms with Crippen molar-refractivity contribution in [3.05, 3.63) is 34.9 Å². The van der Waals surface area contributed by atoms with Gasteiger partial charge in [-0.1, -0.05) is 29.3 Å². The van der Waals surface area contributed by atoms with Crippen molar-refractivity contribution in [1.82, 2.24) is 4.90 Å². The van der Waals surface area contributed by atoms with Crippen molar-refractivity contribution in [2.24, 2.45) is 0 Å². The topological polar surface area (TPSA) is 43.7 Å². The van der Waals surface area contributed by atoms with E-state index in [9.17, 15) is 10.2 Å². The second-order valence-corrected chi connectivity index (χ2v) is 6.60. The summed E-state index contributed by atoms with van der Waals surface area (Å²) in [6, 6.07) is 6.24. The number of aryl methyl sites for hydroxylation is 2. The first-order chi connectivity index (χ1) is 9.35. The van der Waals surface area contributed by atoms with Crippen LogP contribution >= 0.6 is 0 Å². The van der Waals surface area contributed by atoms with Gasteiger partial charge in [0.1, 0.15) is 0 Å². The summed E-state index contributed by atoms with van der Waals surface area (Å²) in [5, 5.41) is 20.4. The largest absolute Gasteiger partial charge is 0.389 e. The third-order valence-electron chi connectivity index (χ3n) is 4.10. The Bertz CT molecular complexity index is 436. The summed E-state index contributed by atoms with van der Waals surface area (Å²) in [4.78, 5) is 2.26. The van der Waals surface area contributed by atoms with Crippen molar-refractivity contribution in [2.45, 2.75) is 51.7 Å². The molecule has 0 aromatic heterocycles. The predicted molar refractivity (Wildman–Crippen MR) is 81.8 cm³/mol. The molecule has 1 aliphatic heterocycles. The molecule has 1 fully saturated rings. The van der Waals surface area contributed by atoms with Crippen LogP contribution in [-0.4, -0.2) is 40.3 Å². The van der Waals surface area contributed by atoms with Crippen molar-refractivity contribution >= 4 is 0 Å². The predicted octanol–water partition coefficient (Wildman–Crippen LogP) is 2.57. The van der Waals surface area contributed by atoms with E-state index in [1.807, 2.05) is 6.92 Å². The highest BCUT2D eigenvalue weighted by molar-refractivity contribution is 5.29. The van der Waals surface area contributed by atoms with Crippen LogP contribution < -0.4 is 0 Å². The quantitative estimate of drug-likeness (QED) is 0.889. The van der Waals surface area contributed by atoms with E-state index in [-0.39, 0.29) is 0 Å². The maximum absolute atomic E-state index is 10.3. The molecule has 1 heterocycles. The van der Waals surface area contributed by atoms with Crippen molar-refractivity contribution < 1.29 is 10.2 Å². The van der Waals surface area contributed by atoms with E-state index in [1.54, 1.807) is 0 Å². The third-order valence-corrected chi connectivity index (χ3v) is 4.10. The maximum atomic E-state index is 10.3. The number of hydrogen-bond donors (Lipinski definition) is 2. The number of hydrogen-bond acceptors (Lipinski definition) is 3. The van der Waals surface area contributed by atoms with Crippen LogP contribution in [0.15, 0.2) is 18.2 Å². The Kier molecular flexibility index (Phi) is 4.84. The fourth-order valence-corrected chi connectivity index (χ4v) is 3.19. The number of aliphatic hydroxyl groups is 2. The Morgan fingerprint density at radius 3 is 2.50 bits per heavy atom. The van der Waals surface area contributed by atoms with Crippen LogP contribution in [0.2, 0.25) is 0 Å². The fraction of sp³-hybridized carbons (Fsp3) is 0.647. The van der Waals surface area contributed by atoms with Gasteiger partial charge in [0.25, 0.3) is 0 Å². The SMILES string of the molecule is Cc1cc(C)cc(C(O)CCN2CCCC(C)(O)C2)c1. The van der Waals surface area contributed by atoms with Crippen molar-refractivity contribution in [1.29, 1.82) is 0 Å². The molecule has 1 aromatic rings. The standard InChI is InChI=1S/C17H27NO2/c1-13-9-14(2)11-15(10-13)16(19)5-8-18-7-4-6-17(3,20)12-18/h9-11,16,19-20H,4-8,12H2,1-3H3. The summed E-state index contributed by atoms with van der Waals surface area (Å²) < 4.78 is 0. The van der Waals surface area contributed by atoms with E-state index in [2.05, 4.69) is 36.9 Å². The highest BCUT2D eigenvalue weighted by Gasteiger charge is 2.28. The number of likely N-dealkylation sites (tertiary alicyclic amines) is 1. The molecule has 2 rings (SSSR count). The monoisotopic (exact) mass is 277 g/mol. The highest BCUT2D eigenvalue weighted by Crippen LogP contribution is 2.23. The smallest absolute Gasteiger partial charge is 0.0802 e. The molecule has 0 radical (unpaired) electrons.